The molecule has 0 amide bonds. The van der Waals surface area contributed by atoms with Gasteiger partial charge in [0, 0.05) is 23.4 Å². The summed E-state index contributed by atoms with van der Waals surface area (Å²) < 4.78 is 27.5. The van der Waals surface area contributed by atoms with E-state index in [0.717, 1.165) is 22.1 Å². The van der Waals surface area contributed by atoms with Crippen LogP contribution in [0.15, 0.2) is 52.1 Å². The van der Waals surface area contributed by atoms with E-state index in [1.54, 1.807) is 18.3 Å². The molecule has 0 atom stereocenters. The molecule has 1 aromatic carbocycles. The van der Waals surface area contributed by atoms with Gasteiger partial charge >= 0.3 is 0 Å². The third-order valence-electron chi connectivity index (χ3n) is 3.12. The fourth-order valence-corrected chi connectivity index (χ4v) is 4.01. The van der Waals surface area contributed by atoms with Gasteiger partial charge in [0.15, 0.2) is 0 Å². The van der Waals surface area contributed by atoms with E-state index in [9.17, 15) is 8.42 Å². The molecule has 1 aliphatic rings. The van der Waals surface area contributed by atoms with Crippen molar-refractivity contribution in [3.63, 3.8) is 0 Å². The summed E-state index contributed by atoms with van der Waals surface area (Å²) in [7, 11) is -3.52. The number of hydrogen-bond acceptors (Lipinski definition) is 3. The quantitative estimate of drug-likeness (QED) is 0.845. The fourth-order valence-electron chi connectivity index (χ4n) is 2.20. The maximum absolute atomic E-state index is 12.6. The molecule has 98 valence electrons. The van der Waals surface area contributed by atoms with Crippen LogP contribution in [0.2, 0.25) is 0 Å². The van der Waals surface area contributed by atoms with Gasteiger partial charge in [-0.05, 0) is 36.2 Å². The van der Waals surface area contributed by atoms with Crippen LogP contribution in [0.3, 0.4) is 0 Å². The Hall–Kier alpha value is -1.40. The summed E-state index contributed by atoms with van der Waals surface area (Å²) >= 11 is 3.38. The Morgan fingerprint density at radius 1 is 1.26 bits per heavy atom. The van der Waals surface area contributed by atoms with Crippen LogP contribution in [0.4, 0.5) is 5.69 Å². The molecule has 2 heterocycles. The number of nitrogens with zero attached hydrogens (tertiary/aromatic N) is 2. The van der Waals surface area contributed by atoms with E-state index in [4.69, 9.17) is 0 Å². The molecule has 4 nitrogen and oxygen atoms in total. The minimum atomic E-state index is -3.52. The van der Waals surface area contributed by atoms with E-state index in [0.29, 0.717) is 6.54 Å². The van der Waals surface area contributed by atoms with E-state index < -0.39 is 10.0 Å². The average Bonchev–Trinajstić information content (AvgIpc) is 2.83. The average molecular weight is 339 g/mol. The molecule has 0 saturated heterocycles. The van der Waals surface area contributed by atoms with Crippen LogP contribution in [0.5, 0.6) is 0 Å². The smallest absolute Gasteiger partial charge is 0.265 e. The van der Waals surface area contributed by atoms with Gasteiger partial charge in [-0.15, -0.1) is 0 Å². The van der Waals surface area contributed by atoms with Crippen LogP contribution in [0.1, 0.15) is 5.56 Å². The van der Waals surface area contributed by atoms with E-state index in [1.807, 2.05) is 18.2 Å². The fraction of sp³-hybridized carbons (Fsp3) is 0.154. The second-order valence-electron chi connectivity index (χ2n) is 4.29. The zero-order valence-corrected chi connectivity index (χ0v) is 12.4. The van der Waals surface area contributed by atoms with Gasteiger partial charge in [-0.3, -0.25) is 9.29 Å². The molecule has 0 saturated carbocycles. The maximum atomic E-state index is 12.6. The maximum Gasteiger partial charge on any atom is 0.265 e. The molecule has 19 heavy (non-hydrogen) atoms. The second-order valence-corrected chi connectivity index (χ2v) is 7.07. The molecule has 1 aliphatic heterocycles. The molecular formula is C13H11BrN2O2S. The van der Waals surface area contributed by atoms with Crippen LogP contribution in [-0.4, -0.2) is 19.9 Å². The van der Waals surface area contributed by atoms with Crippen LogP contribution >= 0.6 is 15.9 Å². The second kappa shape index (κ2) is 4.61. The summed E-state index contributed by atoms with van der Waals surface area (Å²) in [6, 6.07) is 8.93. The Morgan fingerprint density at radius 2 is 2.11 bits per heavy atom. The zero-order valence-electron chi connectivity index (χ0n) is 9.95. The number of hydrogen-bond donors (Lipinski definition) is 0. The standard InChI is InChI=1S/C13H11BrN2O2S/c14-11-4-3-10-5-7-16(13(10)8-11)19(17,18)12-2-1-6-15-9-12/h1-4,6,8-9H,5,7H2. The molecule has 0 radical (unpaired) electrons. The summed E-state index contributed by atoms with van der Waals surface area (Å²) in [5.74, 6) is 0. The molecule has 0 bridgehead atoms. The molecule has 0 aliphatic carbocycles. The Morgan fingerprint density at radius 3 is 2.84 bits per heavy atom. The molecule has 6 heteroatoms. The predicted octanol–water partition coefficient (Wildman–Crippen LogP) is 2.60. The first-order chi connectivity index (χ1) is 9.09. The third kappa shape index (κ3) is 2.15. The molecular weight excluding hydrogens is 328 g/mol. The summed E-state index contributed by atoms with van der Waals surface area (Å²) in [5.41, 5.74) is 1.80. The van der Waals surface area contributed by atoms with Gasteiger partial charge < -0.3 is 0 Å². The Labute approximate surface area is 120 Å². The van der Waals surface area contributed by atoms with E-state index in [2.05, 4.69) is 20.9 Å². The number of halogens is 1. The first kappa shape index (κ1) is 12.6. The van der Waals surface area contributed by atoms with Crippen LogP contribution in [0.25, 0.3) is 0 Å². The molecule has 3 rings (SSSR count). The SMILES string of the molecule is O=S(=O)(c1cccnc1)N1CCc2ccc(Br)cc21. The Kier molecular flexibility index (Phi) is 3.06. The molecule has 0 spiro atoms. The van der Waals surface area contributed by atoms with Crippen molar-refractivity contribution in [2.75, 3.05) is 10.8 Å². The van der Waals surface area contributed by atoms with Crippen molar-refractivity contribution in [3.8, 4) is 0 Å². The Balaban J connectivity index is 2.09. The van der Waals surface area contributed by atoms with Crippen molar-refractivity contribution in [2.45, 2.75) is 11.3 Å². The van der Waals surface area contributed by atoms with Gasteiger partial charge in [0.25, 0.3) is 10.0 Å². The van der Waals surface area contributed by atoms with Crippen molar-refractivity contribution in [3.05, 3.63) is 52.8 Å². The van der Waals surface area contributed by atoms with Gasteiger partial charge in [0.1, 0.15) is 4.90 Å². The van der Waals surface area contributed by atoms with E-state index in [-0.39, 0.29) is 4.90 Å². The molecule has 2 aromatic rings. The number of rotatable bonds is 2. The van der Waals surface area contributed by atoms with Gasteiger partial charge in [0.2, 0.25) is 0 Å². The van der Waals surface area contributed by atoms with Gasteiger partial charge in [0.05, 0.1) is 5.69 Å². The summed E-state index contributed by atoms with van der Waals surface area (Å²) in [6.07, 6.45) is 3.68. The summed E-state index contributed by atoms with van der Waals surface area (Å²) in [6.45, 7) is 0.475. The van der Waals surface area contributed by atoms with Crippen molar-refractivity contribution in [2.24, 2.45) is 0 Å². The number of anilines is 1. The van der Waals surface area contributed by atoms with Crippen LogP contribution < -0.4 is 4.31 Å². The van der Waals surface area contributed by atoms with E-state index in [1.165, 1.54) is 10.5 Å². The highest BCUT2D eigenvalue weighted by Crippen LogP contribution is 2.34. The summed E-state index contributed by atoms with van der Waals surface area (Å²) in [5, 5.41) is 0. The van der Waals surface area contributed by atoms with Gasteiger partial charge in [-0.2, -0.15) is 0 Å². The lowest BCUT2D eigenvalue weighted by Crippen LogP contribution is -2.29. The van der Waals surface area contributed by atoms with Gasteiger partial charge in [-0.1, -0.05) is 22.0 Å². The van der Waals surface area contributed by atoms with E-state index >= 15 is 0 Å². The largest absolute Gasteiger partial charge is 0.266 e. The number of sulfonamides is 1. The first-order valence-electron chi connectivity index (χ1n) is 5.80. The van der Waals surface area contributed by atoms with Crippen molar-refractivity contribution in [1.29, 1.82) is 0 Å². The number of benzene rings is 1. The first-order valence-corrected chi connectivity index (χ1v) is 8.03. The Bertz CT molecular complexity index is 717. The highest BCUT2D eigenvalue weighted by molar-refractivity contribution is 9.10. The van der Waals surface area contributed by atoms with Crippen molar-refractivity contribution < 1.29 is 8.42 Å². The number of pyridine rings is 1. The van der Waals surface area contributed by atoms with Crippen LogP contribution in [-0.2, 0) is 16.4 Å². The zero-order chi connectivity index (χ0) is 13.5. The van der Waals surface area contributed by atoms with Gasteiger partial charge in [-0.25, -0.2) is 8.42 Å². The monoisotopic (exact) mass is 338 g/mol. The van der Waals surface area contributed by atoms with Crippen molar-refractivity contribution >= 4 is 31.6 Å². The van der Waals surface area contributed by atoms with Crippen molar-refractivity contribution in [1.82, 2.24) is 4.98 Å². The topological polar surface area (TPSA) is 50.3 Å². The minimum Gasteiger partial charge on any atom is -0.266 e. The predicted molar refractivity (Wildman–Crippen MR) is 76.6 cm³/mol. The third-order valence-corrected chi connectivity index (χ3v) is 5.41. The number of aromatic nitrogens is 1. The lowest BCUT2D eigenvalue weighted by Gasteiger charge is -2.19. The normalized spacial score (nSPS) is 14.5. The van der Waals surface area contributed by atoms with Crippen LogP contribution in [0, 0.1) is 0 Å². The molecule has 0 N–H and O–H groups in total. The lowest BCUT2D eigenvalue weighted by molar-refractivity contribution is 0.592. The molecule has 1 aromatic heterocycles. The highest BCUT2D eigenvalue weighted by Gasteiger charge is 2.30. The lowest BCUT2D eigenvalue weighted by atomic mass is 10.2. The minimum absolute atomic E-state index is 0.225. The molecule has 0 fully saturated rings. The highest BCUT2D eigenvalue weighted by atomic mass is 79.9. The number of fused-ring (bicyclic) bond motifs is 1. The molecule has 0 unspecified atom stereocenters. The summed E-state index contributed by atoms with van der Waals surface area (Å²) in [4.78, 5) is 4.11.